The number of rotatable bonds is 2. The van der Waals surface area contributed by atoms with E-state index in [0.29, 0.717) is 0 Å². The third-order valence-corrected chi connectivity index (χ3v) is 1.15. The Balaban J connectivity index is 0. The van der Waals surface area contributed by atoms with E-state index < -0.39 is 17.5 Å². The number of carboxylic acid groups (broad SMARTS) is 1. The van der Waals surface area contributed by atoms with Gasteiger partial charge in [-0.25, -0.2) is 10.7 Å². The molecule has 0 heterocycles. The molecule has 11 heavy (non-hydrogen) atoms. The minimum atomic E-state index is -1.03. The standard InChI is InChI=1S/C6H13NO3.ClH/c1-6(2,3)4(10-7)5(8)9;/h4H,7H2,1-3H3,(H,8,9);1H/t4-;/m0./s1. The summed E-state index contributed by atoms with van der Waals surface area (Å²) in [5, 5.41) is 8.50. The van der Waals surface area contributed by atoms with E-state index in [9.17, 15) is 4.79 Å². The van der Waals surface area contributed by atoms with E-state index in [4.69, 9.17) is 11.0 Å². The predicted molar refractivity (Wildman–Crippen MR) is 43.4 cm³/mol. The lowest BCUT2D eigenvalue weighted by Crippen LogP contribution is -2.38. The molecule has 0 saturated carbocycles. The molecule has 1 atom stereocenters. The van der Waals surface area contributed by atoms with Crippen molar-refractivity contribution in [3.05, 3.63) is 0 Å². The zero-order chi connectivity index (χ0) is 8.36. The Morgan fingerprint density at radius 1 is 1.55 bits per heavy atom. The van der Waals surface area contributed by atoms with Crippen LogP contribution in [-0.4, -0.2) is 17.2 Å². The van der Waals surface area contributed by atoms with Crippen LogP contribution in [0.3, 0.4) is 0 Å². The fourth-order valence-electron chi connectivity index (χ4n) is 0.633. The average Bonchev–Trinajstić information content (AvgIpc) is 1.60. The third-order valence-electron chi connectivity index (χ3n) is 1.15. The van der Waals surface area contributed by atoms with Gasteiger partial charge in [-0.3, -0.25) is 4.84 Å². The zero-order valence-corrected chi connectivity index (χ0v) is 7.64. The first kappa shape index (κ1) is 13.3. The molecule has 0 radical (unpaired) electrons. The minimum absolute atomic E-state index is 0. The van der Waals surface area contributed by atoms with Crippen LogP contribution in [0.4, 0.5) is 0 Å². The van der Waals surface area contributed by atoms with E-state index in [1.807, 2.05) is 0 Å². The molecule has 0 bridgehead atoms. The molecule has 0 spiro atoms. The fraction of sp³-hybridized carbons (Fsp3) is 0.833. The van der Waals surface area contributed by atoms with Crippen LogP contribution in [0, 0.1) is 5.41 Å². The molecule has 0 aliphatic rings. The highest BCUT2D eigenvalue weighted by atomic mass is 35.5. The molecule has 0 fully saturated rings. The molecular weight excluding hydrogens is 170 g/mol. The van der Waals surface area contributed by atoms with E-state index in [0.717, 1.165) is 0 Å². The molecule has 3 N–H and O–H groups in total. The minimum Gasteiger partial charge on any atom is -0.479 e. The van der Waals surface area contributed by atoms with Gasteiger partial charge in [0.25, 0.3) is 0 Å². The first-order valence-corrected chi connectivity index (χ1v) is 2.98. The van der Waals surface area contributed by atoms with E-state index >= 15 is 0 Å². The first-order valence-electron chi connectivity index (χ1n) is 2.98. The van der Waals surface area contributed by atoms with Gasteiger partial charge in [0.15, 0.2) is 6.10 Å². The van der Waals surface area contributed by atoms with Gasteiger partial charge in [0, 0.05) is 5.41 Å². The van der Waals surface area contributed by atoms with E-state index in [1.54, 1.807) is 20.8 Å². The monoisotopic (exact) mass is 183 g/mol. The molecule has 0 aromatic rings. The van der Waals surface area contributed by atoms with Gasteiger partial charge < -0.3 is 5.11 Å². The molecule has 4 nitrogen and oxygen atoms in total. The highest BCUT2D eigenvalue weighted by molar-refractivity contribution is 5.85. The second-order valence-corrected chi connectivity index (χ2v) is 3.22. The number of hydrogen-bond acceptors (Lipinski definition) is 3. The van der Waals surface area contributed by atoms with Crippen molar-refractivity contribution in [3.8, 4) is 0 Å². The van der Waals surface area contributed by atoms with Crippen LogP contribution in [0.5, 0.6) is 0 Å². The summed E-state index contributed by atoms with van der Waals surface area (Å²) in [5.74, 6) is 3.75. The van der Waals surface area contributed by atoms with Crippen LogP contribution in [0.2, 0.25) is 0 Å². The van der Waals surface area contributed by atoms with Gasteiger partial charge in [-0.2, -0.15) is 0 Å². The van der Waals surface area contributed by atoms with Gasteiger partial charge in [-0.05, 0) is 0 Å². The Bertz CT molecular complexity index is 132. The number of halogens is 1. The molecule has 0 aliphatic heterocycles. The summed E-state index contributed by atoms with van der Waals surface area (Å²) in [4.78, 5) is 14.6. The lowest BCUT2D eigenvalue weighted by atomic mass is 9.89. The molecule has 0 aliphatic carbocycles. The van der Waals surface area contributed by atoms with Crippen LogP contribution in [0.1, 0.15) is 20.8 Å². The third kappa shape index (κ3) is 4.19. The predicted octanol–water partition coefficient (Wildman–Crippen LogP) is 0.798. The number of carbonyl (C=O) groups is 1. The normalized spacial score (nSPS) is 13.5. The highest BCUT2D eigenvalue weighted by Crippen LogP contribution is 2.20. The van der Waals surface area contributed by atoms with Crippen LogP contribution in [0.15, 0.2) is 0 Å². The maximum Gasteiger partial charge on any atom is 0.335 e. The molecule has 0 amide bonds. The smallest absolute Gasteiger partial charge is 0.335 e. The van der Waals surface area contributed by atoms with Crippen molar-refractivity contribution in [1.29, 1.82) is 0 Å². The summed E-state index contributed by atoms with van der Waals surface area (Å²) in [6, 6.07) is 0. The summed E-state index contributed by atoms with van der Waals surface area (Å²) in [7, 11) is 0. The number of hydrogen-bond donors (Lipinski definition) is 2. The summed E-state index contributed by atoms with van der Waals surface area (Å²) >= 11 is 0. The topological polar surface area (TPSA) is 72.5 Å². The molecule has 68 valence electrons. The molecular formula is C6H14ClNO3. The van der Waals surface area contributed by atoms with Crippen LogP contribution < -0.4 is 5.90 Å². The van der Waals surface area contributed by atoms with Crippen molar-refractivity contribution in [1.82, 2.24) is 0 Å². The van der Waals surface area contributed by atoms with Crippen molar-refractivity contribution in [2.24, 2.45) is 11.3 Å². The highest BCUT2D eigenvalue weighted by Gasteiger charge is 2.31. The lowest BCUT2D eigenvalue weighted by molar-refractivity contribution is -0.158. The van der Waals surface area contributed by atoms with Gasteiger partial charge in [-0.1, -0.05) is 20.8 Å². The Kier molecular flexibility index (Phi) is 5.48. The van der Waals surface area contributed by atoms with Crippen molar-refractivity contribution < 1.29 is 14.7 Å². The SMILES string of the molecule is CC(C)(C)[C@@H](ON)C(=O)O.Cl. The molecule has 0 aromatic carbocycles. The van der Waals surface area contributed by atoms with Crippen LogP contribution >= 0.6 is 12.4 Å². The Morgan fingerprint density at radius 3 is 1.91 bits per heavy atom. The van der Waals surface area contributed by atoms with Crippen LogP contribution in [0.25, 0.3) is 0 Å². The molecule has 5 heteroatoms. The molecule has 0 saturated heterocycles. The van der Waals surface area contributed by atoms with Crippen molar-refractivity contribution >= 4 is 18.4 Å². The summed E-state index contributed by atoms with van der Waals surface area (Å²) in [6.45, 7) is 5.25. The van der Waals surface area contributed by atoms with E-state index in [1.165, 1.54) is 0 Å². The first-order chi connectivity index (χ1) is 4.39. The Hall–Kier alpha value is -0.320. The molecule has 0 rings (SSSR count). The zero-order valence-electron chi connectivity index (χ0n) is 6.83. The van der Waals surface area contributed by atoms with Gasteiger partial charge in [-0.15, -0.1) is 12.4 Å². The fourth-order valence-corrected chi connectivity index (χ4v) is 0.633. The largest absolute Gasteiger partial charge is 0.479 e. The van der Waals surface area contributed by atoms with Crippen molar-refractivity contribution in [3.63, 3.8) is 0 Å². The maximum atomic E-state index is 10.4. The second kappa shape index (κ2) is 4.54. The Morgan fingerprint density at radius 2 is 1.91 bits per heavy atom. The van der Waals surface area contributed by atoms with Gasteiger partial charge in [0.1, 0.15) is 0 Å². The summed E-state index contributed by atoms with van der Waals surface area (Å²) < 4.78 is 0. The average molecular weight is 184 g/mol. The van der Waals surface area contributed by atoms with E-state index in [-0.39, 0.29) is 12.4 Å². The van der Waals surface area contributed by atoms with Gasteiger partial charge in [0.05, 0.1) is 0 Å². The second-order valence-electron chi connectivity index (χ2n) is 3.22. The number of carboxylic acids is 1. The Labute approximate surface area is 72.1 Å². The molecule has 0 unspecified atom stereocenters. The molecule has 0 aromatic heterocycles. The summed E-state index contributed by atoms with van der Waals surface area (Å²) in [5.41, 5.74) is -0.458. The van der Waals surface area contributed by atoms with Crippen molar-refractivity contribution in [2.45, 2.75) is 26.9 Å². The number of aliphatic carboxylic acids is 1. The van der Waals surface area contributed by atoms with Crippen LogP contribution in [-0.2, 0) is 9.63 Å². The van der Waals surface area contributed by atoms with Gasteiger partial charge >= 0.3 is 5.97 Å². The quantitative estimate of drug-likeness (QED) is 0.622. The maximum absolute atomic E-state index is 10.4. The van der Waals surface area contributed by atoms with Crippen molar-refractivity contribution in [2.75, 3.05) is 0 Å². The van der Waals surface area contributed by atoms with Gasteiger partial charge in [0.2, 0.25) is 0 Å². The number of nitrogens with two attached hydrogens (primary N) is 1. The van der Waals surface area contributed by atoms with E-state index in [2.05, 4.69) is 4.84 Å². The summed E-state index contributed by atoms with van der Waals surface area (Å²) in [6.07, 6.45) is -0.938. The lowest BCUT2D eigenvalue weighted by Gasteiger charge is -2.24.